The number of nitrogens with zero attached hydrogens (tertiary/aromatic N) is 1. The quantitative estimate of drug-likeness (QED) is 0.0225. The Labute approximate surface area is 774 Å². The van der Waals surface area contributed by atoms with Crippen LogP contribution in [0.1, 0.15) is 200 Å². The Kier molecular flexibility index (Phi) is 50.6. The number of H-pyrrole nitrogens is 2. The van der Waals surface area contributed by atoms with Crippen molar-refractivity contribution in [1.82, 2.24) is 89.4 Å². The molecule has 3 aromatic carbocycles. The van der Waals surface area contributed by atoms with E-state index < -0.39 is 192 Å². The molecule has 0 aliphatic carbocycles. The molecular weight excluding hydrogens is 1690 g/mol. The maximum absolute atomic E-state index is 15.1. The van der Waals surface area contributed by atoms with E-state index in [4.69, 9.17) is 40.1 Å². The average Bonchev–Trinajstić information content (AvgIpc) is 1.46. The van der Waals surface area contributed by atoms with Gasteiger partial charge in [0.25, 0.3) is 0 Å². The number of aromatic amines is 2. The van der Waals surface area contributed by atoms with Crippen LogP contribution in [-0.4, -0.2) is 228 Å². The molecule has 2 heterocycles. The van der Waals surface area contributed by atoms with Gasteiger partial charge in [0.15, 0.2) is 0 Å². The number of amides is 15. The molecule has 0 saturated heterocycles. The van der Waals surface area contributed by atoms with Crippen LogP contribution < -0.4 is 115 Å². The van der Waals surface area contributed by atoms with Crippen molar-refractivity contribution >= 4 is 99.5 Å². The highest BCUT2D eigenvalue weighted by Gasteiger charge is 2.39. The normalized spacial score (nSPS) is 14.8. The highest BCUT2D eigenvalue weighted by molar-refractivity contribution is 6.00. The zero-order valence-electron chi connectivity index (χ0n) is 78.0. The number of rotatable bonds is 65. The van der Waals surface area contributed by atoms with Crippen molar-refractivity contribution in [3.8, 4) is 0 Å². The van der Waals surface area contributed by atoms with E-state index in [9.17, 15) is 67.1 Å². The first kappa shape index (κ1) is 111. The van der Waals surface area contributed by atoms with Gasteiger partial charge in [-0.05, 0) is 182 Å². The summed E-state index contributed by atoms with van der Waals surface area (Å²) in [6.45, 7) is 14.3. The lowest BCUT2D eigenvalue weighted by Crippen LogP contribution is -2.61. The van der Waals surface area contributed by atoms with Gasteiger partial charge in [-0.15, -0.1) is 0 Å². The van der Waals surface area contributed by atoms with Crippen molar-refractivity contribution in [2.45, 2.75) is 282 Å². The zero-order chi connectivity index (χ0) is 97.2. The number of unbranched alkanes of at least 4 members (excludes halogenated alkanes) is 5. The minimum absolute atomic E-state index is 0.00691. The zero-order valence-corrected chi connectivity index (χ0v) is 78.0. The Hall–Kier alpha value is -11.8. The molecule has 15 amide bonds. The van der Waals surface area contributed by atoms with Gasteiger partial charge in [0.05, 0.1) is 31.2 Å². The fraction of sp³-hybridized carbons (Fsp3) is 0.591. The van der Waals surface area contributed by atoms with Gasteiger partial charge in [0, 0.05) is 49.0 Å². The minimum Gasteiger partial charge on any atom is -0.368 e. The van der Waals surface area contributed by atoms with Gasteiger partial charge in [-0.1, -0.05) is 154 Å². The van der Waals surface area contributed by atoms with Crippen LogP contribution in [0.15, 0.2) is 104 Å². The first-order valence-corrected chi connectivity index (χ1v) is 46.5. The van der Waals surface area contributed by atoms with Crippen LogP contribution in [0.5, 0.6) is 0 Å². The Morgan fingerprint density at radius 1 is 0.348 bits per heavy atom. The highest BCUT2D eigenvalue weighted by atomic mass is 16.2. The summed E-state index contributed by atoms with van der Waals surface area (Å²) in [6, 6.07) is 8.59. The molecule has 5 rings (SSSR count). The fourth-order valence-electron chi connectivity index (χ4n) is 14.9. The van der Waals surface area contributed by atoms with E-state index in [1.807, 2.05) is 52.0 Å². The molecule has 5 aromatic rings. The molecular formula is C93H148N24O15. The molecule has 39 heteroatoms. The number of imidazole rings is 1. The standard InChI is InChI=1S/C93H148N24O15/c1-9-58(7)79(92(131)103-53-77(118)106-67(36-20-25-41-95)83(122)114-75(48-61-31-15-12-16-32-61)90(129)113-72(45-56(3)4)87(126)110-71(81(100)120)50-63-52-101-55-105-63)116-78(119)54-104-93(132)80(59(8)10-2)117-86(125)70(39-23-28-44-98)107-84(123)68(37-21-26-42-96)108-89(128)74(47-60-29-13-11-14-30-60)115-88(127)73(46-57(5)6)112-85(124)69(38-22-27-43-97)109-91(130)76(111-82(121)65(99)34-19-24-40-94)49-62-51-102-66-35-18-17-33-64(62)66/h11-18,29-33,35,51-52,55-59,65,67-76,79-80,102H,9-10,19-28,34,36-50,53-54,94-99H2,1-8H3,(H2,100,120)(H,101,105)(H,103,131)(H,104,132)(H,106,118)(H,107,123)(H,108,128)(H,109,130)(H,110,126)(H,111,121)(H,112,124)(H,113,129)(H,114,122)(H,115,127)(H,116,119)(H,117,125)/t58-,59-,65-,67-,68-,69-,70-,71-,72-,73-,74-,75-,76-,79+,80-/m0/s1. The number of carbonyl (C=O) groups excluding carboxylic acids is 15. The predicted molar refractivity (Wildman–Crippen MR) is 503 cm³/mol. The largest absolute Gasteiger partial charge is 0.368 e. The maximum atomic E-state index is 15.1. The second kappa shape index (κ2) is 60.3. The minimum atomic E-state index is -1.40. The molecule has 132 heavy (non-hydrogen) atoms. The topological polar surface area (TPSA) is 651 Å². The Morgan fingerprint density at radius 3 is 1.09 bits per heavy atom. The number of hydrogen-bond donors (Lipinski definition) is 23. The summed E-state index contributed by atoms with van der Waals surface area (Å²) < 4.78 is 0. The fourth-order valence-corrected chi connectivity index (χ4v) is 14.9. The number of nitrogens with two attached hydrogens (primary N) is 7. The summed E-state index contributed by atoms with van der Waals surface area (Å²) in [7, 11) is 0. The molecule has 0 bridgehead atoms. The number of fused-ring (bicyclic) bond motifs is 1. The van der Waals surface area contributed by atoms with E-state index in [2.05, 4.69) is 89.4 Å². The first-order chi connectivity index (χ1) is 63.2. The monoisotopic (exact) mass is 1840 g/mol. The summed E-state index contributed by atoms with van der Waals surface area (Å²) >= 11 is 0. The van der Waals surface area contributed by atoms with Gasteiger partial charge >= 0.3 is 0 Å². The molecule has 30 N–H and O–H groups in total. The van der Waals surface area contributed by atoms with Crippen LogP contribution >= 0.6 is 0 Å². The van der Waals surface area contributed by atoms with Gasteiger partial charge < -0.3 is 125 Å². The van der Waals surface area contributed by atoms with E-state index in [-0.39, 0.29) is 102 Å². The summed E-state index contributed by atoms with van der Waals surface area (Å²) in [5, 5.41) is 39.3. The lowest BCUT2D eigenvalue weighted by Gasteiger charge is -2.29. The van der Waals surface area contributed by atoms with Crippen LogP contribution in [0.25, 0.3) is 10.9 Å². The number of hydrogen-bond acceptors (Lipinski definition) is 22. The van der Waals surface area contributed by atoms with Crippen LogP contribution in [0.3, 0.4) is 0 Å². The number of para-hydroxylation sites is 1. The Balaban J connectivity index is 1.30. The SMILES string of the molecule is CC[C@H](C)[C@H](NC(=O)[C@H](CCCCN)NC(=O)[C@H](CCCCN)NC(=O)[C@H](Cc1ccccc1)NC(=O)[C@H](CC(C)C)NC(=O)[C@H](CCCCN)NC(=O)[C@H](Cc1c[nH]c2ccccc12)NC(=O)[C@@H](N)CCCCN)C(=O)NCC(=O)N[C@@H](C(=O)NCC(=O)N[C@@H](CCCCN)C(=O)N[C@@H](Cc1ccccc1)C(=O)N[C@@H](CC(C)C)C(=O)N[C@@H](Cc1c[nH]cn1)C(N)=O)[C@@H](C)CC. The number of nitrogens with one attached hydrogen (secondary N) is 16. The number of aromatic nitrogens is 3. The third kappa shape index (κ3) is 39.7. The predicted octanol–water partition coefficient (Wildman–Crippen LogP) is -0.146. The van der Waals surface area contributed by atoms with Crippen LogP contribution in [-0.2, 0) is 97.6 Å². The molecule has 15 atom stereocenters. The van der Waals surface area contributed by atoms with Crippen molar-refractivity contribution in [2.24, 2.45) is 63.8 Å². The van der Waals surface area contributed by atoms with Crippen molar-refractivity contribution in [2.75, 3.05) is 45.8 Å². The third-order valence-electron chi connectivity index (χ3n) is 23.0. The Morgan fingerprint density at radius 2 is 0.689 bits per heavy atom. The van der Waals surface area contributed by atoms with Crippen LogP contribution in [0, 0.1) is 23.7 Å². The second-order valence-corrected chi connectivity index (χ2v) is 34.8. The van der Waals surface area contributed by atoms with E-state index in [1.165, 1.54) is 6.33 Å². The molecule has 0 radical (unpaired) electrons. The molecule has 0 spiro atoms. The molecule has 0 unspecified atom stereocenters. The van der Waals surface area contributed by atoms with Crippen molar-refractivity contribution < 1.29 is 71.9 Å². The molecule has 0 aliphatic heterocycles. The van der Waals surface area contributed by atoms with Crippen LogP contribution in [0.2, 0.25) is 0 Å². The first-order valence-electron chi connectivity index (χ1n) is 46.5. The van der Waals surface area contributed by atoms with Gasteiger partial charge in [0.2, 0.25) is 88.6 Å². The number of benzene rings is 3. The van der Waals surface area contributed by atoms with E-state index in [1.54, 1.807) is 101 Å². The van der Waals surface area contributed by atoms with Gasteiger partial charge in [-0.25, -0.2) is 4.98 Å². The van der Waals surface area contributed by atoms with Gasteiger partial charge in [-0.2, -0.15) is 0 Å². The number of primary amides is 1. The summed E-state index contributed by atoms with van der Waals surface area (Å²) in [5.41, 5.74) is 44.6. The van der Waals surface area contributed by atoms with Gasteiger partial charge in [0.1, 0.15) is 72.5 Å². The molecule has 0 saturated carbocycles. The molecule has 2 aromatic heterocycles. The average molecular weight is 1840 g/mol. The second-order valence-electron chi connectivity index (χ2n) is 34.8. The summed E-state index contributed by atoms with van der Waals surface area (Å²) in [4.78, 5) is 225. The lowest BCUT2D eigenvalue weighted by atomic mass is 9.97. The van der Waals surface area contributed by atoms with Crippen molar-refractivity contribution in [1.29, 1.82) is 0 Å². The summed E-state index contributed by atoms with van der Waals surface area (Å²) in [5.74, 6) is -12.9. The lowest BCUT2D eigenvalue weighted by molar-refractivity contribution is -0.136. The smallest absolute Gasteiger partial charge is 0.243 e. The van der Waals surface area contributed by atoms with Crippen LogP contribution in [0.4, 0.5) is 0 Å². The maximum Gasteiger partial charge on any atom is 0.243 e. The number of carbonyl (C=O) groups is 15. The third-order valence-corrected chi connectivity index (χ3v) is 23.0. The van der Waals surface area contributed by atoms with Crippen molar-refractivity contribution in [3.63, 3.8) is 0 Å². The Bertz CT molecular complexity index is 4430. The van der Waals surface area contributed by atoms with E-state index in [0.29, 0.717) is 112 Å². The van der Waals surface area contributed by atoms with Crippen molar-refractivity contribution in [3.05, 3.63) is 126 Å². The summed E-state index contributed by atoms with van der Waals surface area (Å²) in [6.07, 6.45) is 10.2. The van der Waals surface area contributed by atoms with E-state index >= 15 is 4.79 Å². The molecule has 0 fully saturated rings. The molecule has 730 valence electrons. The highest BCUT2D eigenvalue weighted by Crippen LogP contribution is 2.22. The molecule has 0 aliphatic rings. The van der Waals surface area contributed by atoms with E-state index in [0.717, 1.165) is 10.9 Å². The van der Waals surface area contributed by atoms with Gasteiger partial charge in [-0.3, -0.25) is 71.9 Å². The molecule has 39 nitrogen and oxygen atoms in total.